The Morgan fingerprint density at radius 1 is 1.36 bits per heavy atom. The minimum Gasteiger partial charge on any atom is -0.354 e. The molecule has 1 aromatic heterocycles. The van der Waals surface area contributed by atoms with Crippen LogP contribution in [-0.2, 0) is 6.54 Å². The van der Waals surface area contributed by atoms with Crippen LogP contribution in [0.2, 0.25) is 5.02 Å². The number of aliphatic imine (C=N–C) groups is 1. The molecule has 2 heterocycles. The second-order valence-electron chi connectivity index (χ2n) is 6.65. The fourth-order valence-corrected chi connectivity index (χ4v) is 3.62. The van der Waals surface area contributed by atoms with Crippen LogP contribution >= 0.6 is 11.6 Å². The van der Waals surface area contributed by atoms with Gasteiger partial charge in [0.25, 0.3) is 0 Å². The van der Waals surface area contributed by atoms with E-state index >= 15 is 0 Å². The molecule has 0 bridgehead atoms. The number of piperazine rings is 1. The van der Waals surface area contributed by atoms with Gasteiger partial charge in [-0.15, -0.1) is 0 Å². The number of hydrogen-bond acceptors (Lipinski definition) is 3. The van der Waals surface area contributed by atoms with E-state index in [-0.39, 0.29) is 0 Å². The highest BCUT2D eigenvalue weighted by Gasteiger charge is 2.18. The van der Waals surface area contributed by atoms with Crippen molar-refractivity contribution in [2.45, 2.75) is 13.5 Å². The molecule has 0 atom stereocenters. The average Bonchev–Trinajstić information content (AvgIpc) is 3.10. The van der Waals surface area contributed by atoms with Crippen molar-refractivity contribution in [1.82, 2.24) is 14.8 Å². The van der Waals surface area contributed by atoms with E-state index in [1.807, 2.05) is 40.8 Å². The highest BCUT2D eigenvalue weighted by molar-refractivity contribution is 6.31. The highest BCUT2D eigenvalue weighted by Crippen LogP contribution is 2.23. The van der Waals surface area contributed by atoms with E-state index in [0.29, 0.717) is 28.5 Å². The van der Waals surface area contributed by atoms with Crippen molar-refractivity contribution in [1.29, 1.82) is 5.41 Å². The number of rotatable bonds is 4. The van der Waals surface area contributed by atoms with Gasteiger partial charge in [-0.3, -0.25) is 10.4 Å². The third-order valence-corrected chi connectivity index (χ3v) is 5.25. The summed E-state index contributed by atoms with van der Waals surface area (Å²) in [4.78, 5) is 5.94. The summed E-state index contributed by atoms with van der Waals surface area (Å²) in [5.74, 6) is -0.0842. The van der Waals surface area contributed by atoms with Crippen molar-refractivity contribution >= 4 is 35.8 Å². The van der Waals surface area contributed by atoms with Gasteiger partial charge >= 0.3 is 0 Å². The number of nitrogens with zero attached hydrogens (tertiary/aromatic N) is 3. The second-order valence-corrected chi connectivity index (χ2v) is 7.06. The molecule has 0 aliphatic carbocycles. The van der Waals surface area contributed by atoms with Crippen molar-refractivity contribution in [2.75, 3.05) is 33.2 Å². The quantitative estimate of drug-likeness (QED) is 0.606. The third-order valence-electron chi connectivity index (χ3n) is 4.91. The molecule has 0 saturated carbocycles. The first-order valence-corrected chi connectivity index (χ1v) is 9.69. The summed E-state index contributed by atoms with van der Waals surface area (Å²) in [6.07, 6.45) is 7.53. The van der Waals surface area contributed by atoms with Gasteiger partial charge in [0.1, 0.15) is 11.7 Å². The molecule has 0 radical (unpaired) electrons. The molecule has 1 saturated heterocycles. The highest BCUT2D eigenvalue weighted by atomic mass is 35.5. The first kappa shape index (κ1) is 20.3. The maximum absolute atomic E-state index is 14.9. The second kappa shape index (κ2) is 9.17. The van der Waals surface area contributed by atoms with Crippen LogP contribution in [-0.4, -0.2) is 54.7 Å². The van der Waals surface area contributed by atoms with Crippen molar-refractivity contribution in [2.24, 2.45) is 4.99 Å². The molecule has 28 heavy (non-hydrogen) atoms. The van der Waals surface area contributed by atoms with Crippen LogP contribution in [0.1, 0.15) is 18.1 Å². The van der Waals surface area contributed by atoms with E-state index in [0.717, 1.165) is 36.7 Å². The van der Waals surface area contributed by atoms with Crippen LogP contribution in [0.25, 0.3) is 12.2 Å². The number of benzene rings is 1. The lowest BCUT2D eigenvalue weighted by Crippen LogP contribution is -2.46. The lowest BCUT2D eigenvalue weighted by molar-refractivity contribution is 0.356. The minimum absolute atomic E-state index is 0.309. The van der Waals surface area contributed by atoms with Crippen LogP contribution in [0.3, 0.4) is 0 Å². The zero-order valence-corrected chi connectivity index (χ0v) is 16.9. The van der Waals surface area contributed by atoms with Crippen molar-refractivity contribution in [3.63, 3.8) is 0 Å². The Morgan fingerprint density at radius 3 is 2.75 bits per heavy atom. The molecule has 1 aliphatic heterocycles. The number of hydrogen-bond donors (Lipinski definition) is 2. The van der Waals surface area contributed by atoms with Gasteiger partial charge in [0.05, 0.1) is 6.54 Å². The Balaban J connectivity index is 1.93. The monoisotopic (exact) mass is 401 g/mol. The number of aromatic nitrogens is 1. The molecule has 0 spiro atoms. The van der Waals surface area contributed by atoms with Gasteiger partial charge in [-0.1, -0.05) is 17.7 Å². The average molecular weight is 402 g/mol. The Kier molecular flexibility index (Phi) is 6.65. The number of halogens is 2. The summed E-state index contributed by atoms with van der Waals surface area (Å²) >= 11 is 6.44. The Bertz CT molecular complexity index is 979. The van der Waals surface area contributed by atoms with Crippen LogP contribution in [0.5, 0.6) is 0 Å². The van der Waals surface area contributed by atoms with Crippen molar-refractivity contribution in [3.8, 4) is 0 Å². The van der Waals surface area contributed by atoms with Crippen LogP contribution in [0.4, 0.5) is 4.39 Å². The fourth-order valence-electron chi connectivity index (χ4n) is 3.35. The number of nitrogens with one attached hydrogen (secondary N) is 2. The Labute approximate surface area is 169 Å². The minimum atomic E-state index is -0.395. The van der Waals surface area contributed by atoms with E-state index < -0.39 is 5.82 Å². The lowest BCUT2D eigenvalue weighted by Gasteiger charge is -2.29. The molecule has 3 rings (SSSR count). The Hall–Kier alpha value is -2.44. The largest absolute Gasteiger partial charge is 0.354 e. The van der Waals surface area contributed by atoms with Crippen molar-refractivity contribution in [3.05, 3.63) is 56.9 Å². The van der Waals surface area contributed by atoms with E-state index in [2.05, 4.69) is 10.3 Å². The molecule has 1 aliphatic rings. The van der Waals surface area contributed by atoms with E-state index in [1.165, 1.54) is 6.07 Å². The van der Waals surface area contributed by atoms with Gasteiger partial charge in [0.2, 0.25) is 0 Å². The van der Waals surface area contributed by atoms with Gasteiger partial charge in [-0.2, -0.15) is 0 Å². The molecule has 148 valence electrons. The van der Waals surface area contributed by atoms with E-state index in [4.69, 9.17) is 17.0 Å². The molecule has 0 unspecified atom stereocenters. The summed E-state index contributed by atoms with van der Waals surface area (Å²) in [7, 11) is 1.71. The number of amidine groups is 1. The zero-order chi connectivity index (χ0) is 20.1. The molecular formula is C21H25ClFN5. The van der Waals surface area contributed by atoms with Gasteiger partial charge in [0, 0.05) is 67.1 Å². The molecule has 5 nitrogen and oxygen atoms in total. The first-order valence-electron chi connectivity index (χ1n) is 9.31. The Morgan fingerprint density at radius 2 is 2.11 bits per heavy atom. The normalized spacial score (nSPS) is 16.4. The summed E-state index contributed by atoms with van der Waals surface area (Å²) in [5.41, 5.74) is 0.924. The standard InChI is InChI=1S/C21H25ClFN5/c1-3-15-5-9-28(20(15)4-6-25-2)14-17-18(22)12-16(13-19(17)23)21(24)27-10-7-26-8-11-27/h3-6,9,12-13,24,26H,7-8,10-11,14H2,1-2H3/b15-3-,20-4+,24-21?,25-6?. The molecular weight excluding hydrogens is 377 g/mol. The summed E-state index contributed by atoms with van der Waals surface area (Å²) in [6, 6.07) is 5.09. The summed E-state index contributed by atoms with van der Waals surface area (Å²) in [5, 5.41) is 14.0. The predicted octanol–water partition coefficient (Wildman–Crippen LogP) is 1.84. The first-order chi connectivity index (χ1) is 13.5. The predicted molar refractivity (Wildman–Crippen MR) is 114 cm³/mol. The lowest BCUT2D eigenvalue weighted by atomic mass is 10.1. The summed E-state index contributed by atoms with van der Waals surface area (Å²) < 4.78 is 16.9. The topological polar surface area (TPSA) is 56.4 Å². The molecule has 1 aromatic carbocycles. The SMILES string of the molecule is C/C=c1/ccn(Cc2c(F)cc(C(=N)N3CCNCC3)cc2Cl)/c1=C/C=NC. The molecule has 7 heteroatoms. The maximum atomic E-state index is 14.9. The van der Waals surface area contributed by atoms with Gasteiger partial charge in [-0.05, 0) is 36.4 Å². The smallest absolute Gasteiger partial charge is 0.130 e. The van der Waals surface area contributed by atoms with Crippen LogP contribution in [0, 0.1) is 11.2 Å². The van der Waals surface area contributed by atoms with E-state index in [1.54, 1.807) is 19.3 Å². The van der Waals surface area contributed by atoms with Gasteiger partial charge in [0.15, 0.2) is 0 Å². The van der Waals surface area contributed by atoms with Gasteiger partial charge in [-0.25, -0.2) is 4.39 Å². The molecule has 1 fully saturated rings. The third kappa shape index (κ3) is 4.34. The zero-order valence-electron chi connectivity index (χ0n) is 16.2. The van der Waals surface area contributed by atoms with Gasteiger partial charge < -0.3 is 14.8 Å². The fraction of sp³-hybridized carbons (Fsp3) is 0.333. The van der Waals surface area contributed by atoms with E-state index in [9.17, 15) is 4.39 Å². The van der Waals surface area contributed by atoms with Crippen LogP contribution < -0.4 is 15.9 Å². The molecule has 0 amide bonds. The maximum Gasteiger partial charge on any atom is 0.130 e. The molecule has 2 N–H and O–H groups in total. The molecule has 2 aromatic rings. The van der Waals surface area contributed by atoms with Crippen LogP contribution in [0.15, 0.2) is 29.4 Å². The van der Waals surface area contributed by atoms with Crippen molar-refractivity contribution < 1.29 is 4.39 Å². The summed E-state index contributed by atoms with van der Waals surface area (Å²) in [6.45, 7) is 5.38.